The van der Waals surface area contributed by atoms with Crippen molar-refractivity contribution in [3.05, 3.63) is 65.6 Å². The van der Waals surface area contributed by atoms with Gasteiger partial charge in [0.2, 0.25) is 5.78 Å². The van der Waals surface area contributed by atoms with Crippen LogP contribution < -0.4 is 33.4 Å². The zero-order valence-corrected chi connectivity index (χ0v) is 13.5. The number of Topliss-reactive ketones (excluding diaryl/α,β-unsaturated/α-hetero) is 1. The van der Waals surface area contributed by atoms with E-state index in [1.807, 2.05) is 78.4 Å². The molecule has 0 spiro atoms. The number of para-hydroxylation sites is 1. The second kappa shape index (κ2) is 5.75. The minimum absolute atomic E-state index is 0. The maximum absolute atomic E-state index is 12.4. The summed E-state index contributed by atoms with van der Waals surface area (Å²) >= 11 is 0. The molecule has 2 aromatic rings. The highest BCUT2D eigenvalue weighted by Gasteiger charge is 2.28. The molecule has 1 aromatic heterocycles. The molecule has 0 N–H and O–H groups in total. The molecule has 0 aliphatic carbocycles. The lowest BCUT2D eigenvalue weighted by atomic mass is 10.1. The Morgan fingerprint density at radius 2 is 1.75 bits per heavy atom. The Balaban J connectivity index is 0.00000147. The van der Waals surface area contributed by atoms with Crippen LogP contribution in [0.1, 0.15) is 15.9 Å². The molecule has 0 amide bonds. The Hall–Kier alpha value is -1.69. The van der Waals surface area contributed by atoms with Gasteiger partial charge in [0.1, 0.15) is 7.05 Å². The topological polar surface area (TPSA) is 24.2 Å². The number of aromatic nitrogens is 1. The third kappa shape index (κ3) is 2.47. The van der Waals surface area contributed by atoms with Gasteiger partial charge in [-0.25, -0.2) is 4.57 Å². The van der Waals surface area contributed by atoms with Gasteiger partial charge in [-0.15, -0.1) is 0 Å². The van der Waals surface area contributed by atoms with E-state index in [2.05, 4.69) is 0 Å². The highest BCUT2D eigenvalue weighted by Crippen LogP contribution is 2.33. The van der Waals surface area contributed by atoms with E-state index in [0.29, 0.717) is 0 Å². The fourth-order valence-corrected chi connectivity index (χ4v) is 2.31. The quantitative estimate of drug-likeness (QED) is 0.368. The smallest absolute Gasteiger partial charge is 0.211 e. The second-order valence-corrected chi connectivity index (χ2v) is 4.73. The first-order chi connectivity index (χ1) is 9.16. The molecule has 0 radical (unpaired) electrons. The summed E-state index contributed by atoms with van der Waals surface area (Å²) in [6.07, 6.45) is 5.88. The maximum atomic E-state index is 12.4. The number of aryl methyl sites for hydroxylation is 1. The summed E-state index contributed by atoms with van der Waals surface area (Å²) < 4.78 is 1.97. The van der Waals surface area contributed by atoms with Gasteiger partial charge in [0, 0.05) is 24.7 Å². The lowest BCUT2D eigenvalue weighted by Crippen LogP contribution is -3.00. The largest absolute Gasteiger partial charge is 1.00 e. The van der Waals surface area contributed by atoms with E-state index >= 15 is 0 Å². The Morgan fingerprint density at radius 3 is 2.40 bits per heavy atom. The van der Waals surface area contributed by atoms with Crippen LogP contribution in [0.15, 0.2) is 54.5 Å². The predicted molar refractivity (Wildman–Crippen MR) is 74.8 cm³/mol. The third-order valence-corrected chi connectivity index (χ3v) is 3.41. The van der Waals surface area contributed by atoms with Gasteiger partial charge in [0.05, 0.1) is 11.4 Å². The first-order valence-electron chi connectivity index (χ1n) is 6.21. The molecule has 2 heterocycles. The number of ketones is 1. The van der Waals surface area contributed by atoms with E-state index in [1.165, 1.54) is 0 Å². The van der Waals surface area contributed by atoms with E-state index in [9.17, 15) is 4.79 Å². The zero-order valence-electron chi connectivity index (χ0n) is 11.4. The summed E-state index contributed by atoms with van der Waals surface area (Å²) in [5.74, 6) is 0.0892. The molecule has 102 valence electrons. The molecule has 3 rings (SSSR count). The summed E-state index contributed by atoms with van der Waals surface area (Å²) in [5, 5.41) is 0. The summed E-state index contributed by atoms with van der Waals surface area (Å²) in [5.41, 5.74) is 3.49. The van der Waals surface area contributed by atoms with E-state index in [4.69, 9.17) is 0 Å². The van der Waals surface area contributed by atoms with Crippen LogP contribution in [-0.4, -0.2) is 12.8 Å². The summed E-state index contributed by atoms with van der Waals surface area (Å²) in [6.45, 7) is 0. The highest BCUT2D eigenvalue weighted by atomic mass is 127. The maximum Gasteiger partial charge on any atom is 0.211 e. The molecule has 3 nitrogen and oxygen atoms in total. The van der Waals surface area contributed by atoms with Gasteiger partial charge in [-0.1, -0.05) is 12.1 Å². The molecule has 0 saturated heterocycles. The van der Waals surface area contributed by atoms with Crippen molar-refractivity contribution in [3.8, 4) is 0 Å². The summed E-state index contributed by atoms with van der Waals surface area (Å²) in [6, 6.07) is 11.7. The number of allylic oxidation sites excluding steroid dienone is 1. The molecule has 20 heavy (non-hydrogen) atoms. The molecule has 1 aromatic carbocycles. The Bertz CT molecular complexity index is 677. The fraction of sp³-hybridized carbons (Fsp3) is 0.125. The van der Waals surface area contributed by atoms with Gasteiger partial charge in [0.25, 0.3) is 0 Å². The van der Waals surface area contributed by atoms with Gasteiger partial charge < -0.3 is 28.9 Å². The number of benzene rings is 1. The molecule has 0 saturated carbocycles. The van der Waals surface area contributed by atoms with Crippen LogP contribution in [0.4, 0.5) is 5.69 Å². The second-order valence-electron chi connectivity index (χ2n) is 4.73. The number of pyridine rings is 1. The molecule has 0 bridgehead atoms. The Labute approximate surface area is 135 Å². The van der Waals surface area contributed by atoms with Crippen LogP contribution in [0.5, 0.6) is 0 Å². The first-order valence-corrected chi connectivity index (χ1v) is 6.21. The van der Waals surface area contributed by atoms with Crippen LogP contribution in [0.3, 0.4) is 0 Å². The molecule has 0 unspecified atom stereocenters. The zero-order chi connectivity index (χ0) is 13.4. The van der Waals surface area contributed by atoms with Crippen molar-refractivity contribution >= 4 is 17.5 Å². The molecule has 4 heteroatoms. The van der Waals surface area contributed by atoms with Gasteiger partial charge in [-0.05, 0) is 23.8 Å². The van der Waals surface area contributed by atoms with Crippen molar-refractivity contribution in [2.24, 2.45) is 7.05 Å². The van der Waals surface area contributed by atoms with E-state index < -0.39 is 0 Å². The van der Waals surface area contributed by atoms with E-state index in [1.54, 1.807) is 0 Å². The van der Waals surface area contributed by atoms with Crippen molar-refractivity contribution in [1.29, 1.82) is 0 Å². The molecule has 1 aliphatic rings. The minimum Gasteiger partial charge on any atom is -1.00 e. The standard InChI is InChI=1S/C16H15N2O.HI/c1-17-9-7-12(8-10-17)11-15-16(19)13-5-3-4-6-14(13)18(15)2;/h3-11H,1-2H3;1H/q+1;/p-1. The number of fused-ring (bicyclic) bond motifs is 1. The number of carbonyl (C=O) groups excluding carboxylic acids is 1. The minimum atomic E-state index is 0. The number of rotatable bonds is 1. The Morgan fingerprint density at radius 1 is 1.10 bits per heavy atom. The molecule has 0 fully saturated rings. The lowest BCUT2D eigenvalue weighted by molar-refractivity contribution is -0.671. The lowest BCUT2D eigenvalue weighted by Gasteiger charge is -2.12. The van der Waals surface area contributed by atoms with Crippen molar-refractivity contribution in [2.45, 2.75) is 0 Å². The van der Waals surface area contributed by atoms with Crippen molar-refractivity contribution < 1.29 is 33.3 Å². The molecule has 1 aliphatic heterocycles. The summed E-state index contributed by atoms with van der Waals surface area (Å²) in [7, 11) is 3.90. The van der Waals surface area contributed by atoms with Crippen LogP contribution in [0, 0.1) is 0 Å². The summed E-state index contributed by atoms with van der Waals surface area (Å²) in [4.78, 5) is 14.3. The predicted octanol–water partition coefficient (Wildman–Crippen LogP) is -0.811. The molecular weight excluding hydrogens is 363 g/mol. The molecule has 0 atom stereocenters. The fourth-order valence-electron chi connectivity index (χ4n) is 2.31. The van der Waals surface area contributed by atoms with Crippen molar-refractivity contribution in [1.82, 2.24) is 0 Å². The average molecular weight is 378 g/mol. The number of hydrogen-bond acceptors (Lipinski definition) is 2. The van der Waals surface area contributed by atoms with Crippen LogP contribution in [0.25, 0.3) is 6.08 Å². The normalized spacial score (nSPS) is 15.2. The van der Waals surface area contributed by atoms with E-state index in [0.717, 1.165) is 22.5 Å². The number of halogens is 1. The van der Waals surface area contributed by atoms with Gasteiger partial charge in [0.15, 0.2) is 12.4 Å². The Kier molecular flexibility index (Phi) is 4.23. The third-order valence-electron chi connectivity index (χ3n) is 3.41. The monoisotopic (exact) mass is 378 g/mol. The number of carbonyl (C=O) groups is 1. The van der Waals surface area contributed by atoms with Crippen molar-refractivity contribution in [3.63, 3.8) is 0 Å². The SMILES string of the molecule is CN1C(=Cc2cc[n+](C)cc2)C(=O)c2ccccc21.[I-]. The van der Waals surface area contributed by atoms with Gasteiger partial charge in [-0.2, -0.15) is 0 Å². The van der Waals surface area contributed by atoms with Crippen LogP contribution >= 0.6 is 0 Å². The van der Waals surface area contributed by atoms with Gasteiger partial charge in [-0.3, -0.25) is 4.79 Å². The van der Waals surface area contributed by atoms with E-state index in [-0.39, 0.29) is 29.8 Å². The van der Waals surface area contributed by atoms with Crippen molar-refractivity contribution in [2.75, 3.05) is 11.9 Å². The number of likely N-dealkylation sites (N-methyl/N-ethyl adjacent to an activating group) is 1. The number of hydrogen-bond donors (Lipinski definition) is 0. The van der Waals surface area contributed by atoms with Crippen LogP contribution in [-0.2, 0) is 7.05 Å². The highest BCUT2D eigenvalue weighted by molar-refractivity contribution is 6.21. The van der Waals surface area contributed by atoms with Crippen LogP contribution in [0.2, 0.25) is 0 Å². The number of anilines is 1. The molecular formula is C16H15IN2O. The van der Waals surface area contributed by atoms with Gasteiger partial charge >= 0.3 is 0 Å². The average Bonchev–Trinajstić information content (AvgIpc) is 2.67. The first kappa shape index (κ1) is 14.7. The number of nitrogens with zero attached hydrogens (tertiary/aromatic N) is 2.